The van der Waals surface area contributed by atoms with E-state index in [1.54, 1.807) is 7.11 Å². The minimum atomic E-state index is 0.727. The van der Waals surface area contributed by atoms with E-state index in [0.717, 1.165) is 29.2 Å². The first-order valence-electron chi connectivity index (χ1n) is 5.56. The van der Waals surface area contributed by atoms with Crippen molar-refractivity contribution in [1.82, 2.24) is 9.78 Å². The Morgan fingerprint density at radius 1 is 1.35 bits per heavy atom. The zero-order valence-corrected chi connectivity index (χ0v) is 10.4. The van der Waals surface area contributed by atoms with Gasteiger partial charge in [0.05, 0.1) is 13.3 Å². The molecule has 1 aromatic heterocycles. The largest absolute Gasteiger partial charge is 0.496 e. The van der Waals surface area contributed by atoms with Gasteiger partial charge in [-0.2, -0.15) is 5.10 Å². The highest BCUT2D eigenvalue weighted by Gasteiger charge is 2.05. The Labute approximate surface area is 101 Å². The number of methoxy groups -OCH3 is 1. The molecule has 1 aromatic carbocycles. The maximum atomic E-state index is 5.31. The summed E-state index contributed by atoms with van der Waals surface area (Å²) in [7, 11) is 3.62. The lowest BCUT2D eigenvalue weighted by atomic mass is 10.2. The molecule has 0 aliphatic heterocycles. The Balaban J connectivity index is 2.12. The first-order chi connectivity index (χ1) is 8.22. The molecule has 1 heterocycles. The smallest absolute Gasteiger partial charge is 0.127 e. The second-order valence-electron chi connectivity index (χ2n) is 3.97. The monoisotopic (exact) mass is 231 g/mol. The van der Waals surface area contributed by atoms with Gasteiger partial charge < -0.3 is 10.1 Å². The quantitative estimate of drug-likeness (QED) is 0.878. The van der Waals surface area contributed by atoms with Gasteiger partial charge in [-0.25, -0.2) is 0 Å². The van der Waals surface area contributed by atoms with Crippen LogP contribution in [-0.2, 0) is 13.6 Å². The normalized spacial score (nSPS) is 10.3. The van der Waals surface area contributed by atoms with E-state index in [0.29, 0.717) is 0 Å². The van der Waals surface area contributed by atoms with Crippen LogP contribution in [0.1, 0.15) is 11.1 Å². The topological polar surface area (TPSA) is 39.1 Å². The van der Waals surface area contributed by atoms with E-state index in [1.165, 1.54) is 0 Å². The van der Waals surface area contributed by atoms with Crippen LogP contribution < -0.4 is 10.1 Å². The number of nitrogens with one attached hydrogen (secondary N) is 1. The maximum Gasteiger partial charge on any atom is 0.127 e. The Morgan fingerprint density at radius 2 is 2.12 bits per heavy atom. The molecule has 0 radical (unpaired) electrons. The van der Waals surface area contributed by atoms with Crippen molar-refractivity contribution < 1.29 is 4.74 Å². The summed E-state index contributed by atoms with van der Waals surface area (Å²) < 4.78 is 7.15. The molecular weight excluding hydrogens is 214 g/mol. The summed E-state index contributed by atoms with van der Waals surface area (Å²) in [6.45, 7) is 2.77. The van der Waals surface area contributed by atoms with Crippen molar-refractivity contribution in [3.63, 3.8) is 0 Å². The number of benzene rings is 1. The van der Waals surface area contributed by atoms with Gasteiger partial charge in [0.15, 0.2) is 0 Å². The zero-order chi connectivity index (χ0) is 12.3. The summed E-state index contributed by atoms with van der Waals surface area (Å²) in [5.41, 5.74) is 2.28. The second kappa shape index (κ2) is 4.91. The van der Waals surface area contributed by atoms with Crippen LogP contribution in [0.2, 0.25) is 0 Å². The lowest BCUT2D eigenvalue weighted by Crippen LogP contribution is -2.06. The van der Waals surface area contributed by atoms with Gasteiger partial charge in [0.25, 0.3) is 0 Å². The molecule has 0 atom stereocenters. The summed E-state index contributed by atoms with van der Waals surface area (Å²) >= 11 is 0. The molecule has 17 heavy (non-hydrogen) atoms. The average Bonchev–Trinajstić information content (AvgIpc) is 2.67. The standard InChI is InChI=1S/C13H17N3O/c1-10-8-15-16(2)13(10)14-9-11-6-4-5-7-12(11)17-3/h4-8,14H,9H2,1-3H3. The number of hydrogen-bond donors (Lipinski definition) is 1. The molecule has 0 fully saturated rings. The van der Waals surface area contributed by atoms with Crippen LogP contribution in [0.25, 0.3) is 0 Å². The molecule has 0 aliphatic carbocycles. The third-order valence-electron chi connectivity index (χ3n) is 2.76. The fourth-order valence-corrected chi connectivity index (χ4v) is 1.83. The molecule has 4 nitrogen and oxygen atoms in total. The van der Waals surface area contributed by atoms with Crippen LogP contribution in [0.4, 0.5) is 5.82 Å². The van der Waals surface area contributed by atoms with Gasteiger partial charge in [0.2, 0.25) is 0 Å². The Hall–Kier alpha value is -1.97. The average molecular weight is 231 g/mol. The van der Waals surface area contributed by atoms with Crippen LogP contribution in [0.15, 0.2) is 30.5 Å². The third kappa shape index (κ3) is 2.41. The minimum absolute atomic E-state index is 0.727. The van der Waals surface area contributed by atoms with Crippen molar-refractivity contribution >= 4 is 5.82 Å². The van der Waals surface area contributed by atoms with E-state index in [-0.39, 0.29) is 0 Å². The number of anilines is 1. The fraction of sp³-hybridized carbons (Fsp3) is 0.308. The molecule has 90 valence electrons. The van der Waals surface area contributed by atoms with Gasteiger partial charge in [0.1, 0.15) is 11.6 Å². The van der Waals surface area contributed by atoms with Crippen LogP contribution in [0.3, 0.4) is 0 Å². The number of aryl methyl sites for hydroxylation is 2. The van der Waals surface area contributed by atoms with Gasteiger partial charge in [-0.3, -0.25) is 4.68 Å². The number of rotatable bonds is 4. The van der Waals surface area contributed by atoms with Crippen LogP contribution >= 0.6 is 0 Å². The maximum absolute atomic E-state index is 5.31. The van der Waals surface area contributed by atoms with E-state index in [9.17, 15) is 0 Å². The van der Waals surface area contributed by atoms with Crippen LogP contribution in [0.5, 0.6) is 5.75 Å². The van der Waals surface area contributed by atoms with Crippen molar-refractivity contribution in [2.24, 2.45) is 7.05 Å². The van der Waals surface area contributed by atoms with Gasteiger partial charge in [-0.15, -0.1) is 0 Å². The minimum Gasteiger partial charge on any atom is -0.496 e. The van der Waals surface area contributed by atoms with E-state index in [2.05, 4.69) is 16.5 Å². The number of nitrogens with zero attached hydrogens (tertiary/aromatic N) is 2. The fourth-order valence-electron chi connectivity index (χ4n) is 1.83. The molecule has 4 heteroatoms. The number of ether oxygens (including phenoxy) is 1. The highest BCUT2D eigenvalue weighted by molar-refractivity contribution is 5.45. The van der Waals surface area contributed by atoms with Crippen molar-refractivity contribution in [2.75, 3.05) is 12.4 Å². The lowest BCUT2D eigenvalue weighted by molar-refractivity contribution is 0.410. The molecule has 0 aliphatic rings. The van der Waals surface area contributed by atoms with E-state index < -0.39 is 0 Å². The van der Waals surface area contributed by atoms with Crippen molar-refractivity contribution in [2.45, 2.75) is 13.5 Å². The van der Waals surface area contributed by atoms with E-state index in [4.69, 9.17) is 4.74 Å². The van der Waals surface area contributed by atoms with E-state index >= 15 is 0 Å². The summed E-state index contributed by atoms with van der Waals surface area (Å²) in [6.07, 6.45) is 1.85. The van der Waals surface area contributed by atoms with Gasteiger partial charge in [-0.05, 0) is 13.0 Å². The Kier molecular flexibility index (Phi) is 3.32. The summed E-state index contributed by atoms with van der Waals surface area (Å²) in [4.78, 5) is 0. The second-order valence-corrected chi connectivity index (χ2v) is 3.97. The molecule has 2 rings (SSSR count). The molecule has 0 spiro atoms. The first-order valence-corrected chi connectivity index (χ1v) is 5.56. The summed E-state index contributed by atoms with van der Waals surface area (Å²) in [6, 6.07) is 8.00. The molecule has 1 N–H and O–H groups in total. The Morgan fingerprint density at radius 3 is 2.76 bits per heavy atom. The van der Waals surface area contributed by atoms with Crippen LogP contribution in [0, 0.1) is 6.92 Å². The van der Waals surface area contributed by atoms with Gasteiger partial charge in [0, 0.05) is 24.7 Å². The van der Waals surface area contributed by atoms with Crippen molar-refractivity contribution in [1.29, 1.82) is 0 Å². The molecule has 0 saturated heterocycles. The number of para-hydroxylation sites is 1. The molecule has 0 saturated carbocycles. The Bertz CT molecular complexity index is 486. The molecule has 2 aromatic rings. The SMILES string of the molecule is COc1ccccc1CNc1c(C)cnn1C. The molecule has 0 unspecified atom stereocenters. The van der Waals surface area contributed by atoms with Gasteiger partial charge >= 0.3 is 0 Å². The molecule has 0 bridgehead atoms. The third-order valence-corrected chi connectivity index (χ3v) is 2.76. The number of aromatic nitrogens is 2. The highest BCUT2D eigenvalue weighted by atomic mass is 16.5. The predicted octanol–water partition coefficient (Wildman–Crippen LogP) is 2.35. The highest BCUT2D eigenvalue weighted by Crippen LogP contribution is 2.20. The summed E-state index contributed by atoms with van der Waals surface area (Å²) in [5.74, 6) is 1.94. The van der Waals surface area contributed by atoms with Crippen molar-refractivity contribution in [3.8, 4) is 5.75 Å². The first kappa shape index (κ1) is 11.5. The van der Waals surface area contributed by atoms with Gasteiger partial charge in [-0.1, -0.05) is 18.2 Å². The number of hydrogen-bond acceptors (Lipinski definition) is 3. The summed E-state index contributed by atoms with van der Waals surface area (Å²) in [5, 5.41) is 7.57. The molecular formula is C13H17N3O. The zero-order valence-electron chi connectivity index (χ0n) is 10.4. The lowest BCUT2D eigenvalue weighted by Gasteiger charge is -2.11. The van der Waals surface area contributed by atoms with E-state index in [1.807, 2.05) is 43.0 Å². The molecule has 0 amide bonds. The van der Waals surface area contributed by atoms with Crippen LogP contribution in [-0.4, -0.2) is 16.9 Å². The predicted molar refractivity (Wildman–Crippen MR) is 68.3 cm³/mol. The van der Waals surface area contributed by atoms with Crippen molar-refractivity contribution in [3.05, 3.63) is 41.6 Å².